The largest absolute Gasteiger partial charge is 0.417 e. The zero-order valence-electron chi connectivity index (χ0n) is 10.3. The molecule has 1 aromatic carbocycles. The highest BCUT2D eigenvalue weighted by Gasteiger charge is 2.33. The van der Waals surface area contributed by atoms with Crippen LogP contribution in [0.4, 0.5) is 18.9 Å². The summed E-state index contributed by atoms with van der Waals surface area (Å²) in [4.78, 5) is 0. The van der Waals surface area contributed by atoms with E-state index in [1.807, 2.05) is 13.8 Å². The highest BCUT2D eigenvalue weighted by molar-refractivity contribution is 5.53. The molecule has 0 fully saturated rings. The first-order chi connectivity index (χ1) is 8.38. The Balaban J connectivity index is 2.90. The summed E-state index contributed by atoms with van der Waals surface area (Å²) in [6.45, 7) is 4.76. The van der Waals surface area contributed by atoms with E-state index in [1.165, 1.54) is 12.1 Å². The third-order valence-corrected chi connectivity index (χ3v) is 2.80. The van der Waals surface area contributed by atoms with Crippen molar-refractivity contribution < 1.29 is 13.2 Å². The van der Waals surface area contributed by atoms with Crippen LogP contribution in [0.15, 0.2) is 18.2 Å². The van der Waals surface area contributed by atoms with Crippen molar-refractivity contribution in [1.29, 1.82) is 5.26 Å². The molecule has 0 saturated heterocycles. The van der Waals surface area contributed by atoms with Crippen molar-refractivity contribution in [2.45, 2.75) is 26.4 Å². The molecule has 2 nitrogen and oxygen atoms in total. The lowest BCUT2D eigenvalue weighted by Gasteiger charge is -2.13. The summed E-state index contributed by atoms with van der Waals surface area (Å²) in [6, 6.07) is 5.12. The number of anilines is 1. The van der Waals surface area contributed by atoms with E-state index < -0.39 is 11.7 Å². The highest BCUT2D eigenvalue weighted by atomic mass is 19.4. The molecule has 5 heteroatoms. The van der Waals surface area contributed by atoms with Gasteiger partial charge in [0.1, 0.15) is 0 Å². The second-order valence-corrected chi connectivity index (χ2v) is 4.26. The van der Waals surface area contributed by atoms with Gasteiger partial charge in [0.2, 0.25) is 0 Å². The minimum atomic E-state index is -4.49. The lowest BCUT2D eigenvalue weighted by molar-refractivity contribution is -0.137. The number of nitrogens with zero attached hydrogens (tertiary/aromatic N) is 1. The van der Waals surface area contributed by atoms with Crippen molar-refractivity contribution in [3.63, 3.8) is 0 Å². The summed E-state index contributed by atoms with van der Waals surface area (Å²) in [6.07, 6.45) is -3.50. The van der Waals surface area contributed by atoms with Crippen LogP contribution in [0.5, 0.6) is 0 Å². The topological polar surface area (TPSA) is 35.8 Å². The Morgan fingerprint density at radius 1 is 1.39 bits per heavy atom. The molecule has 0 aromatic heterocycles. The first-order valence-corrected chi connectivity index (χ1v) is 5.73. The van der Waals surface area contributed by atoms with Gasteiger partial charge in [-0.2, -0.15) is 18.4 Å². The number of nitrogens with one attached hydrogen (secondary N) is 1. The predicted octanol–water partition coefficient (Wildman–Crippen LogP) is 4.04. The van der Waals surface area contributed by atoms with Crippen LogP contribution in [0.3, 0.4) is 0 Å². The summed E-state index contributed by atoms with van der Waals surface area (Å²) < 4.78 is 37.7. The van der Waals surface area contributed by atoms with Crippen molar-refractivity contribution in [3.05, 3.63) is 29.3 Å². The van der Waals surface area contributed by atoms with Gasteiger partial charge in [-0.1, -0.05) is 20.3 Å². The minimum Gasteiger partial charge on any atom is -0.385 e. The van der Waals surface area contributed by atoms with Gasteiger partial charge in [-0.25, -0.2) is 0 Å². The van der Waals surface area contributed by atoms with Crippen LogP contribution in [0.2, 0.25) is 0 Å². The molecule has 1 N–H and O–H groups in total. The van der Waals surface area contributed by atoms with Crippen LogP contribution in [-0.4, -0.2) is 6.54 Å². The minimum absolute atomic E-state index is 0.350. The van der Waals surface area contributed by atoms with Crippen LogP contribution in [-0.2, 0) is 6.18 Å². The molecule has 0 aliphatic carbocycles. The number of benzene rings is 1. The average molecular weight is 256 g/mol. The molecule has 18 heavy (non-hydrogen) atoms. The van der Waals surface area contributed by atoms with Gasteiger partial charge in [-0.3, -0.25) is 0 Å². The Bertz CT molecular complexity index is 447. The van der Waals surface area contributed by atoms with E-state index in [2.05, 4.69) is 5.32 Å². The number of hydrogen-bond acceptors (Lipinski definition) is 2. The van der Waals surface area contributed by atoms with Gasteiger partial charge in [-0.05, 0) is 24.1 Å². The van der Waals surface area contributed by atoms with Crippen LogP contribution in [0.1, 0.15) is 31.4 Å². The number of halogens is 3. The fourth-order valence-corrected chi connectivity index (χ4v) is 1.43. The Labute approximate surface area is 104 Å². The summed E-state index contributed by atoms with van der Waals surface area (Å²) in [5.41, 5.74) is -0.699. The van der Waals surface area contributed by atoms with E-state index in [1.54, 1.807) is 6.07 Å². The monoisotopic (exact) mass is 256 g/mol. The normalized spacial score (nSPS) is 12.9. The second-order valence-electron chi connectivity index (χ2n) is 4.26. The van der Waals surface area contributed by atoms with E-state index in [9.17, 15) is 13.2 Å². The standard InChI is InChI=1S/C13H15F3N2/c1-3-9(2)8-18-11-4-5-12(13(14,15)16)10(6-11)7-17/h4-6,9,18H,3,8H2,1-2H3. The third-order valence-electron chi connectivity index (χ3n) is 2.80. The predicted molar refractivity (Wildman–Crippen MR) is 64.1 cm³/mol. The molecule has 98 valence electrons. The second kappa shape index (κ2) is 5.76. The zero-order chi connectivity index (χ0) is 13.8. The Morgan fingerprint density at radius 3 is 2.56 bits per heavy atom. The van der Waals surface area contributed by atoms with Crippen molar-refractivity contribution in [2.75, 3.05) is 11.9 Å². The quantitative estimate of drug-likeness (QED) is 0.882. The van der Waals surface area contributed by atoms with Gasteiger partial charge in [0.25, 0.3) is 0 Å². The molecule has 0 aliphatic rings. The van der Waals surface area contributed by atoms with Crippen LogP contribution in [0, 0.1) is 17.2 Å². The Hall–Kier alpha value is -1.70. The molecule has 0 bridgehead atoms. The number of hydrogen-bond donors (Lipinski definition) is 1. The molecule has 0 aliphatic heterocycles. The van der Waals surface area contributed by atoms with Crippen molar-refractivity contribution in [2.24, 2.45) is 5.92 Å². The van der Waals surface area contributed by atoms with Gasteiger partial charge in [0.15, 0.2) is 0 Å². The number of nitriles is 1. The summed E-state index contributed by atoms with van der Waals surface area (Å²) in [5.74, 6) is 0.429. The smallest absolute Gasteiger partial charge is 0.385 e. The van der Waals surface area contributed by atoms with Crippen LogP contribution < -0.4 is 5.32 Å². The van der Waals surface area contributed by atoms with E-state index in [4.69, 9.17) is 5.26 Å². The van der Waals surface area contributed by atoms with E-state index in [-0.39, 0.29) is 5.56 Å². The maximum Gasteiger partial charge on any atom is 0.417 e. The summed E-state index contributed by atoms with van der Waals surface area (Å²) in [5, 5.41) is 11.8. The molecular formula is C13H15F3N2. The molecule has 1 unspecified atom stereocenters. The molecule has 0 spiro atoms. The SMILES string of the molecule is CCC(C)CNc1ccc(C(F)(F)F)c(C#N)c1. The zero-order valence-corrected chi connectivity index (χ0v) is 10.3. The van der Waals surface area contributed by atoms with Gasteiger partial charge in [-0.15, -0.1) is 0 Å². The molecule has 0 radical (unpaired) electrons. The lowest BCUT2D eigenvalue weighted by atomic mass is 10.1. The maximum absolute atomic E-state index is 12.6. The van der Waals surface area contributed by atoms with Crippen LogP contribution in [0.25, 0.3) is 0 Å². The van der Waals surface area contributed by atoms with Gasteiger partial charge in [0, 0.05) is 12.2 Å². The van der Waals surface area contributed by atoms with Gasteiger partial charge < -0.3 is 5.32 Å². The molecule has 1 aromatic rings. The number of rotatable bonds is 4. The molecule has 1 rings (SSSR count). The highest BCUT2D eigenvalue weighted by Crippen LogP contribution is 2.32. The molecule has 0 heterocycles. The first kappa shape index (κ1) is 14.4. The first-order valence-electron chi connectivity index (χ1n) is 5.73. The summed E-state index contributed by atoms with van der Waals surface area (Å²) in [7, 11) is 0. The van der Waals surface area contributed by atoms with E-state index in [0.29, 0.717) is 18.2 Å². The van der Waals surface area contributed by atoms with Crippen molar-refractivity contribution in [1.82, 2.24) is 0 Å². The molecular weight excluding hydrogens is 241 g/mol. The Morgan fingerprint density at radius 2 is 2.06 bits per heavy atom. The van der Waals surface area contributed by atoms with E-state index >= 15 is 0 Å². The van der Waals surface area contributed by atoms with Gasteiger partial charge in [0.05, 0.1) is 17.2 Å². The number of alkyl halides is 3. The fourth-order valence-electron chi connectivity index (χ4n) is 1.43. The van der Waals surface area contributed by atoms with Crippen LogP contribution >= 0.6 is 0 Å². The lowest BCUT2D eigenvalue weighted by Crippen LogP contribution is -2.12. The summed E-state index contributed by atoms with van der Waals surface area (Å²) >= 11 is 0. The van der Waals surface area contributed by atoms with Gasteiger partial charge >= 0.3 is 6.18 Å². The molecule has 0 amide bonds. The maximum atomic E-state index is 12.6. The Kier molecular flexibility index (Phi) is 4.60. The van der Waals surface area contributed by atoms with Crippen molar-refractivity contribution in [3.8, 4) is 6.07 Å². The molecule has 1 atom stereocenters. The fraction of sp³-hybridized carbons (Fsp3) is 0.462. The third kappa shape index (κ3) is 3.66. The van der Waals surface area contributed by atoms with Crippen molar-refractivity contribution >= 4 is 5.69 Å². The van der Waals surface area contributed by atoms with E-state index in [0.717, 1.165) is 12.5 Å². The average Bonchev–Trinajstić information content (AvgIpc) is 2.34. The molecule has 0 saturated carbocycles.